The Bertz CT molecular complexity index is 1460. The molecule has 2 heterocycles. The summed E-state index contributed by atoms with van der Waals surface area (Å²) in [6.45, 7) is 2.61. The van der Waals surface area contributed by atoms with Gasteiger partial charge in [0.2, 0.25) is 17.3 Å². The van der Waals surface area contributed by atoms with Crippen LogP contribution in [0, 0.1) is 11.3 Å². The first kappa shape index (κ1) is 22.5. The lowest BCUT2D eigenvalue weighted by Gasteiger charge is -2.13. The molecule has 0 fully saturated rings. The van der Waals surface area contributed by atoms with Crippen LogP contribution in [0.4, 0.5) is 11.6 Å². The van der Waals surface area contributed by atoms with Crippen molar-refractivity contribution in [3.8, 4) is 17.7 Å². The van der Waals surface area contributed by atoms with E-state index in [1.165, 1.54) is 6.20 Å². The lowest BCUT2D eigenvalue weighted by atomic mass is 10.1. The van der Waals surface area contributed by atoms with Gasteiger partial charge in [-0.25, -0.2) is 9.78 Å². The number of anilines is 2. The lowest BCUT2D eigenvalue weighted by molar-refractivity contribution is 0.0695. The second-order valence-corrected chi connectivity index (χ2v) is 7.54. The van der Waals surface area contributed by atoms with Crippen molar-refractivity contribution in [3.63, 3.8) is 0 Å². The number of aromatic carboxylic acids is 1. The number of carboxylic acids is 1. The maximum Gasteiger partial charge on any atom is 0.341 e. The zero-order valence-electron chi connectivity index (χ0n) is 18.4. The van der Waals surface area contributed by atoms with E-state index in [4.69, 9.17) is 10.00 Å². The molecule has 9 nitrogen and oxygen atoms in total. The molecule has 170 valence electrons. The summed E-state index contributed by atoms with van der Waals surface area (Å²) in [5.74, 6) is -0.201. The van der Waals surface area contributed by atoms with Gasteiger partial charge in [-0.1, -0.05) is 13.3 Å². The van der Waals surface area contributed by atoms with Gasteiger partial charge in [0.15, 0.2) is 0 Å². The predicted octanol–water partition coefficient (Wildman–Crippen LogP) is 4.70. The Hall–Kier alpha value is -4.71. The number of ether oxygens (including phenoxy) is 1. The van der Waals surface area contributed by atoms with Gasteiger partial charge in [0.25, 0.3) is 0 Å². The molecule has 2 aromatic carbocycles. The number of nitriles is 1. The van der Waals surface area contributed by atoms with Crippen LogP contribution in [0.3, 0.4) is 0 Å². The Morgan fingerprint density at radius 1 is 1.21 bits per heavy atom. The van der Waals surface area contributed by atoms with E-state index in [0.717, 1.165) is 18.5 Å². The van der Waals surface area contributed by atoms with E-state index >= 15 is 0 Å². The first-order chi connectivity index (χ1) is 16.5. The van der Waals surface area contributed by atoms with Gasteiger partial charge in [-0.15, -0.1) is 0 Å². The molecule has 34 heavy (non-hydrogen) atoms. The summed E-state index contributed by atoms with van der Waals surface area (Å²) in [4.78, 5) is 32.7. The third-order valence-corrected chi connectivity index (χ3v) is 5.16. The molecule has 0 aliphatic rings. The van der Waals surface area contributed by atoms with Crippen molar-refractivity contribution in [1.82, 2.24) is 14.5 Å². The second-order valence-electron chi connectivity index (χ2n) is 7.54. The number of unbranched alkanes of at least 4 members (excludes halogenated alkanes) is 1. The molecule has 2 aromatic heterocycles. The fourth-order valence-corrected chi connectivity index (χ4v) is 3.44. The van der Waals surface area contributed by atoms with Crippen LogP contribution in [0.15, 0.2) is 65.7 Å². The van der Waals surface area contributed by atoms with Crippen molar-refractivity contribution in [2.45, 2.75) is 26.3 Å². The number of fused-ring (bicyclic) bond motifs is 1. The number of hydrogen-bond donors (Lipinski definition) is 2. The minimum atomic E-state index is -1.25. The number of hydrogen-bond acceptors (Lipinski definition) is 7. The molecule has 0 spiro atoms. The third-order valence-electron chi connectivity index (χ3n) is 5.16. The molecular formula is C25H21N5O4. The Morgan fingerprint density at radius 3 is 2.71 bits per heavy atom. The normalized spacial score (nSPS) is 10.6. The van der Waals surface area contributed by atoms with Gasteiger partial charge in [0.05, 0.1) is 17.1 Å². The molecule has 0 saturated heterocycles. The Balaban J connectivity index is 1.63. The molecule has 4 aromatic rings. The summed E-state index contributed by atoms with van der Waals surface area (Å²) >= 11 is 0. The maximum atomic E-state index is 12.6. The van der Waals surface area contributed by atoms with Gasteiger partial charge >= 0.3 is 5.97 Å². The number of rotatable bonds is 8. The molecule has 4 rings (SSSR count). The van der Waals surface area contributed by atoms with Crippen LogP contribution in [-0.2, 0) is 6.54 Å². The summed E-state index contributed by atoms with van der Waals surface area (Å²) in [5.41, 5.74) is 1.07. The number of carbonyl (C=O) groups is 1. The van der Waals surface area contributed by atoms with Crippen molar-refractivity contribution in [2.24, 2.45) is 0 Å². The minimum absolute atomic E-state index is 0.258. The number of aryl methyl sites for hydroxylation is 1. The van der Waals surface area contributed by atoms with E-state index in [-0.39, 0.29) is 11.4 Å². The Morgan fingerprint density at radius 2 is 2.00 bits per heavy atom. The summed E-state index contributed by atoms with van der Waals surface area (Å²) in [7, 11) is 0. The van der Waals surface area contributed by atoms with Gasteiger partial charge in [-0.05, 0) is 42.8 Å². The number of nitrogens with zero attached hydrogens (tertiary/aromatic N) is 4. The van der Waals surface area contributed by atoms with Gasteiger partial charge < -0.3 is 19.7 Å². The van der Waals surface area contributed by atoms with Gasteiger partial charge in [-0.3, -0.25) is 4.79 Å². The fraction of sp³-hybridized carbons (Fsp3) is 0.160. The van der Waals surface area contributed by atoms with Crippen LogP contribution in [0.25, 0.3) is 10.9 Å². The van der Waals surface area contributed by atoms with Gasteiger partial charge in [-0.2, -0.15) is 10.2 Å². The SMILES string of the molecule is CCCCn1cc(C(=O)O)c(=O)c2ccc(Oc3ccnc(Nc4ccc(C#N)cc4)n3)cc21. The number of aromatic nitrogens is 3. The van der Waals surface area contributed by atoms with Crippen molar-refractivity contribution in [1.29, 1.82) is 5.26 Å². The Kier molecular flexibility index (Phi) is 6.50. The van der Waals surface area contributed by atoms with Gasteiger partial charge in [0.1, 0.15) is 11.3 Å². The Labute approximate surface area is 194 Å². The monoisotopic (exact) mass is 455 g/mol. The second kappa shape index (κ2) is 9.83. The minimum Gasteiger partial charge on any atom is -0.477 e. The summed E-state index contributed by atoms with van der Waals surface area (Å²) < 4.78 is 7.68. The molecule has 0 unspecified atom stereocenters. The van der Waals surface area contributed by atoms with E-state index in [1.54, 1.807) is 59.3 Å². The van der Waals surface area contributed by atoms with Crippen LogP contribution in [0.1, 0.15) is 35.7 Å². The molecule has 2 N–H and O–H groups in total. The van der Waals surface area contributed by atoms with E-state index in [9.17, 15) is 14.7 Å². The average Bonchev–Trinajstić information content (AvgIpc) is 2.84. The van der Waals surface area contributed by atoms with Crippen molar-refractivity contribution in [3.05, 3.63) is 82.3 Å². The van der Waals surface area contributed by atoms with E-state index in [2.05, 4.69) is 21.4 Å². The topological polar surface area (TPSA) is 130 Å². The fourth-order valence-electron chi connectivity index (χ4n) is 3.44. The molecule has 0 radical (unpaired) electrons. The van der Waals surface area contributed by atoms with Crippen molar-refractivity contribution >= 4 is 28.5 Å². The van der Waals surface area contributed by atoms with Crippen LogP contribution in [-0.4, -0.2) is 25.6 Å². The molecule has 0 aliphatic carbocycles. The summed E-state index contributed by atoms with van der Waals surface area (Å²) in [5, 5.41) is 21.7. The summed E-state index contributed by atoms with van der Waals surface area (Å²) in [6, 6.07) is 15.4. The molecule has 0 atom stereocenters. The molecule has 9 heteroatoms. The largest absolute Gasteiger partial charge is 0.477 e. The van der Waals surface area contributed by atoms with Crippen molar-refractivity contribution < 1.29 is 14.6 Å². The smallest absolute Gasteiger partial charge is 0.341 e. The molecule has 0 amide bonds. The highest BCUT2D eigenvalue weighted by Crippen LogP contribution is 2.25. The first-order valence-corrected chi connectivity index (χ1v) is 10.7. The van der Waals surface area contributed by atoms with E-state index in [0.29, 0.717) is 34.7 Å². The summed E-state index contributed by atoms with van der Waals surface area (Å²) in [6.07, 6.45) is 4.68. The highest BCUT2D eigenvalue weighted by molar-refractivity contribution is 5.92. The number of carboxylic acid groups (broad SMARTS) is 1. The molecule has 0 bridgehead atoms. The zero-order valence-corrected chi connectivity index (χ0v) is 18.4. The van der Waals surface area contributed by atoms with Gasteiger partial charge in [0, 0.05) is 42.1 Å². The van der Waals surface area contributed by atoms with E-state index < -0.39 is 11.4 Å². The first-order valence-electron chi connectivity index (χ1n) is 10.7. The number of pyridine rings is 1. The molecule has 0 aliphatic heterocycles. The van der Waals surface area contributed by atoms with Crippen LogP contribution in [0.5, 0.6) is 11.6 Å². The van der Waals surface area contributed by atoms with E-state index in [1.807, 2.05) is 6.92 Å². The maximum absolute atomic E-state index is 12.6. The average molecular weight is 455 g/mol. The highest BCUT2D eigenvalue weighted by atomic mass is 16.5. The zero-order chi connectivity index (χ0) is 24.1. The number of nitrogens with one attached hydrogen (secondary N) is 1. The van der Waals surface area contributed by atoms with Crippen LogP contribution < -0.4 is 15.5 Å². The molecular weight excluding hydrogens is 434 g/mol. The lowest BCUT2D eigenvalue weighted by Crippen LogP contribution is -2.19. The van der Waals surface area contributed by atoms with Crippen LogP contribution >= 0.6 is 0 Å². The predicted molar refractivity (Wildman–Crippen MR) is 127 cm³/mol. The van der Waals surface area contributed by atoms with Crippen LogP contribution in [0.2, 0.25) is 0 Å². The third kappa shape index (κ3) is 4.86. The van der Waals surface area contributed by atoms with Crippen molar-refractivity contribution in [2.75, 3.05) is 5.32 Å². The number of benzene rings is 2. The highest BCUT2D eigenvalue weighted by Gasteiger charge is 2.15. The molecule has 0 saturated carbocycles. The quantitative estimate of drug-likeness (QED) is 0.391. The standard InChI is InChI=1S/C25H21N5O4/c1-2-3-12-30-15-20(24(32)33)23(31)19-9-8-18(13-21(19)30)34-22-10-11-27-25(29-22)28-17-6-4-16(14-26)5-7-17/h4-11,13,15H,2-3,12H2,1H3,(H,32,33)(H,27,28,29).